The number of hydrogen-bond acceptors (Lipinski definition) is 2. The molecule has 0 saturated carbocycles. The lowest BCUT2D eigenvalue weighted by Gasteiger charge is -2.18. The minimum atomic E-state index is 0.906. The van der Waals surface area contributed by atoms with E-state index in [2.05, 4.69) is 157 Å². The zero-order valence-electron chi connectivity index (χ0n) is 25.7. The van der Waals surface area contributed by atoms with E-state index in [1.165, 1.54) is 49.0 Å². The van der Waals surface area contributed by atoms with Gasteiger partial charge in [-0.15, -0.1) is 0 Å². The number of furan rings is 1. The number of nitrogens with zero attached hydrogens (tertiary/aromatic N) is 2. The van der Waals surface area contributed by atoms with Gasteiger partial charge in [0.2, 0.25) is 0 Å². The van der Waals surface area contributed by atoms with Crippen LogP contribution in [0.5, 0.6) is 0 Å². The van der Waals surface area contributed by atoms with Gasteiger partial charge in [0.1, 0.15) is 17.0 Å². The maximum Gasteiger partial charge on any atom is 0.136 e. The highest BCUT2D eigenvalue weighted by Gasteiger charge is 2.18. The van der Waals surface area contributed by atoms with Gasteiger partial charge in [-0.3, -0.25) is 4.57 Å². The van der Waals surface area contributed by atoms with Gasteiger partial charge in [0.15, 0.2) is 0 Å². The third-order valence-electron chi connectivity index (χ3n) is 9.70. The predicted octanol–water partition coefficient (Wildman–Crippen LogP) is 12.0. The van der Waals surface area contributed by atoms with Crippen molar-refractivity contribution in [2.45, 2.75) is 6.92 Å². The number of fused-ring (bicyclic) bond motifs is 7. The molecule has 220 valence electrons. The van der Waals surface area contributed by atoms with E-state index in [1.807, 2.05) is 6.07 Å². The van der Waals surface area contributed by atoms with Crippen molar-refractivity contribution in [3.05, 3.63) is 157 Å². The van der Waals surface area contributed by atoms with Crippen LogP contribution < -0.4 is 0 Å². The predicted molar refractivity (Wildman–Crippen MR) is 196 cm³/mol. The highest BCUT2D eigenvalue weighted by molar-refractivity contribution is 6.22. The SMILES string of the molecule is Cc1nc2ccccc2n1-c1ccc(-c2c3ccccc3c(-c3ccc4c(c3)oc3cc5ccccc5cc34)c3ccccc23)cc1. The van der Waals surface area contributed by atoms with Gasteiger partial charge >= 0.3 is 0 Å². The Balaban J connectivity index is 1.17. The number of imidazole rings is 1. The summed E-state index contributed by atoms with van der Waals surface area (Å²) in [6.45, 7) is 2.07. The number of aryl methyl sites for hydroxylation is 1. The molecule has 2 heterocycles. The van der Waals surface area contributed by atoms with E-state index in [4.69, 9.17) is 9.40 Å². The van der Waals surface area contributed by atoms with E-state index < -0.39 is 0 Å². The Bertz CT molecular complexity index is 2800. The molecule has 10 rings (SSSR count). The summed E-state index contributed by atoms with van der Waals surface area (Å²) in [5, 5.41) is 9.61. The Hall–Kier alpha value is -6.19. The van der Waals surface area contributed by atoms with E-state index in [0.717, 1.165) is 50.0 Å². The number of benzene rings is 8. The van der Waals surface area contributed by atoms with E-state index in [0.29, 0.717) is 0 Å². The molecule has 3 heteroatoms. The van der Waals surface area contributed by atoms with Crippen LogP contribution in [0.3, 0.4) is 0 Å². The molecular formula is C44H28N2O. The molecule has 3 nitrogen and oxygen atoms in total. The second kappa shape index (κ2) is 9.90. The quantitative estimate of drug-likeness (QED) is 0.189. The Labute approximate surface area is 270 Å². The summed E-state index contributed by atoms with van der Waals surface area (Å²) in [5.41, 5.74) is 9.87. The lowest BCUT2D eigenvalue weighted by atomic mass is 9.86. The van der Waals surface area contributed by atoms with Crippen molar-refractivity contribution < 1.29 is 4.42 Å². The molecule has 0 aliphatic carbocycles. The molecule has 2 aromatic heterocycles. The van der Waals surface area contributed by atoms with E-state index in [1.54, 1.807) is 0 Å². The Kier molecular flexibility index (Phi) is 5.49. The molecule has 10 aromatic rings. The summed E-state index contributed by atoms with van der Waals surface area (Å²) in [4.78, 5) is 4.79. The number of rotatable bonds is 3. The highest BCUT2D eigenvalue weighted by Crippen LogP contribution is 2.45. The number of para-hydroxylation sites is 2. The van der Waals surface area contributed by atoms with Crippen molar-refractivity contribution in [2.75, 3.05) is 0 Å². The van der Waals surface area contributed by atoms with Gasteiger partial charge in [0.25, 0.3) is 0 Å². The molecule has 0 fully saturated rings. The normalized spacial score (nSPS) is 11.9. The van der Waals surface area contributed by atoms with Crippen molar-refractivity contribution in [1.82, 2.24) is 9.55 Å². The first-order valence-corrected chi connectivity index (χ1v) is 16.0. The van der Waals surface area contributed by atoms with Crippen LogP contribution in [0, 0.1) is 6.92 Å². The van der Waals surface area contributed by atoms with E-state index >= 15 is 0 Å². The minimum Gasteiger partial charge on any atom is -0.456 e. The van der Waals surface area contributed by atoms with Crippen LogP contribution in [0.2, 0.25) is 0 Å². The molecule has 47 heavy (non-hydrogen) atoms. The lowest BCUT2D eigenvalue weighted by molar-refractivity contribution is 0.669. The first-order valence-electron chi connectivity index (χ1n) is 16.0. The average molecular weight is 601 g/mol. The molecule has 0 amide bonds. The molecule has 0 saturated heterocycles. The third kappa shape index (κ3) is 3.90. The number of hydrogen-bond donors (Lipinski definition) is 0. The molecule has 0 aliphatic rings. The maximum absolute atomic E-state index is 6.51. The van der Waals surface area contributed by atoms with Crippen molar-refractivity contribution in [2.24, 2.45) is 0 Å². The van der Waals surface area contributed by atoms with Gasteiger partial charge in [0, 0.05) is 16.5 Å². The van der Waals surface area contributed by atoms with Gasteiger partial charge in [-0.25, -0.2) is 4.98 Å². The van der Waals surface area contributed by atoms with Gasteiger partial charge in [-0.2, -0.15) is 0 Å². The fourth-order valence-electron chi connectivity index (χ4n) is 7.62. The van der Waals surface area contributed by atoms with Crippen LogP contribution in [0.1, 0.15) is 5.82 Å². The fraction of sp³-hybridized carbons (Fsp3) is 0.0227. The van der Waals surface area contributed by atoms with Crippen LogP contribution in [0.25, 0.3) is 93.2 Å². The molecule has 0 unspecified atom stereocenters. The lowest BCUT2D eigenvalue weighted by Crippen LogP contribution is -1.97. The Morgan fingerprint density at radius 1 is 0.468 bits per heavy atom. The summed E-state index contributed by atoms with van der Waals surface area (Å²) >= 11 is 0. The largest absolute Gasteiger partial charge is 0.456 e. The summed E-state index contributed by atoms with van der Waals surface area (Å²) in [6.07, 6.45) is 0. The van der Waals surface area contributed by atoms with E-state index in [9.17, 15) is 0 Å². The summed E-state index contributed by atoms with van der Waals surface area (Å²) < 4.78 is 8.74. The van der Waals surface area contributed by atoms with Gasteiger partial charge in [-0.05, 0) is 110 Å². The second-order valence-corrected chi connectivity index (χ2v) is 12.4. The molecule has 0 atom stereocenters. The zero-order chi connectivity index (χ0) is 31.1. The highest BCUT2D eigenvalue weighted by atomic mass is 16.3. The van der Waals surface area contributed by atoms with Crippen LogP contribution in [-0.2, 0) is 0 Å². The van der Waals surface area contributed by atoms with Crippen molar-refractivity contribution in [3.8, 4) is 27.9 Å². The smallest absolute Gasteiger partial charge is 0.136 e. The summed E-state index contributed by atoms with van der Waals surface area (Å²) in [6, 6.07) is 54.4. The second-order valence-electron chi connectivity index (χ2n) is 12.4. The fourth-order valence-corrected chi connectivity index (χ4v) is 7.62. The average Bonchev–Trinajstić information content (AvgIpc) is 3.65. The molecule has 8 aromatic carbocycles. The minimum absolute atomic E-state index is 0.906. The first-order chi connectivity index (χ1) is 23.2. The Morgan fingerprint density at radius 2 is 1.02 bits per heavy atom. The first kappa shape index (κ1) is 26.1. The molecule has 0 bridgehead atoms. The third-order valence-corrected chi connectivity index (χ3v) is 9.70. The molecule has 0 N–H and O–H groups in total. The van der Waals surface area contributed by atoms with Crippen LogP contribution in [0.15, 0.2) is 156 Å². The van der Waals surface area contributed by atoms with Crippen LogP contribution in [-0.4, -0.2) is 9.55 Å². The molecular weight excluding hydrogens is 572 g/mol. The van der Waals surface area contributed by atoms with Crippen LogP contribution >= 0.6 is 0 Å². The molecule has 0 radical (unpaired) electrons. The van der Waals surface area contributed by atoms with Crippen molar-refractivity contribution >= 4 is 65.3 Å². The van der Waals surface area contributed by atoms with Gasteiger partial charge in [0.05, 0.1) is 11.0 Å². The number of aromatic nitrogens is 2. The molecule has 0 aliphatic heterocycles. The van der Waals surface area contributed by atoms with Crippen LogP contribution in [0.4, 0.5) is 0 Å². The Morgan fingerprint density at radius 3 is 1.72 bits per heavy atom. The van der Waals surface area contributed by atoms with Crippen molar-refractivity contribution in [3.63, 3.8) is 0 Å². The maximum atomic E-state index is 6.51. The summed E-state index contributed by atoms with van der Waals surface area (Å²) in [5.74, 6) is 0.980. The summed E-state index contributed by atoms with van der Waals surface area (Å²) in [7, 11) is 0. The van der Waals surface area contributed by atoms with Gasteiger partial charge < -0.3 is 4.42 Å². The van der Waals surface area contributed by atoms with Crippen molar-refractivity contribution in [1.29, 1.82) is 0 Å². The van der Waals surface area contributed by atoms with Gasteiger partial charge in [-0.1, -0.05) is 103 Å². The zero-order valence-corrected chi connectivity index (χ0v) is 25.7. The standard InChI is InChI=1S/C44H28N2O/c1-27-45-39-16-8-9-17-40(39)46(27)32-21-18-28(19-22-32)43-34-12-4-6-14-36(34)44(37-15-7-5-13-35(37)43)31-20-23-33-38-24-29-10-2-3-11-30(29)25-42(38)47-41(33)26-31/h2-26H,1H3. The topological polar surface area (TPSA) is 31.0 Å². The van der Waals surface area contributed by atoms with E-state index in [-0.39, 0.29) is 0 Å². The molecule has 0 spiro atoms. The monoisotopic (exact) mass is 600 g/mol.